The van der Waals surface area contributed by atoms with Crippen molar-refractivity contribution in [1.29, 1.82) is 0 Å². The molecule has 1 heterocycles. The molecular formula is C14H16F3N3O3. The molecule has 9 heteroatoms. The minimum Gasteiger partial charge on any atom is -0.325 e. The van der Waals surface area contributed by atoms with Crippen molar-refractivity contribution in [2.24, 2.45) is 5.92 Å². The Kier molecular flexibility index (Phi) is 5.19. The highest BCUT2D eigenvalue weighted by Crippen LogP contribution is 2.30. The number of halogens is 3. The largest absolute Gasteiger partial charge is 0.389 e. The maximum absolute atomic E-state index is 12.3. The van der Waals surface area contributed by atoms with Crippen molar-refractivity contribution in [3.05, 3.63) is 34.4 Å². The number of non-ortho nitro benzene ring substituents is 1. The third-order valence-corrected chi connectivity index (χ3v) is 3.60. The zero-order chi connectivity index (χ0) is 17.0. The smallest absolute Gasteiger partial charge is 0.325 e. The van der Waals surface area contributed by atoms with E-state index < -0.39 is 29.3 Å². The van der Waals surface area contributed by atoms with Gasteiger partial charge in [-0.05, 0) is 24.9 Å². The summed E-state index contributed by atoms with van der Waals surface area (Å²) in [7, 11) is 0. The molecule has 1 aromatic rings. The van der Waals surface area contributed by atoms with Crippen molar-refractivity contribution in [2.45, 2.75) is 19.0 Å². The average Bonchev–Trinajstić information content (AvgIpc) is 2.83. The number of carbonyl (C=O) groups is 1. The molecule has 0 aliphatic carbocycles. The van der Waals surface area contributed by atoms with E-state index in [1.807, 2.05) is 0 Å². The Labute approximate surface area is 130 Å². The molecule has 1 aromatic carbocycles. The van der Waals surface area contributed by atoms with E-state index in [-0.39, 0.29) is 24.5 Å². The number of amides is 1. The minimum absolute atomic E-state index is 0.0307. The van der Waals surface area contributed by atoms with Gasteiger partial charge in [0.2, 0.25) is 5.91 Å². The number of likely N-dealkylation sites (tertiary alicyclic amines) is 1. The van der Waals surface area contributed by atoms with Crippen molar-refractivity contribution in [2.75, 3.05) is 25.0 Å². The summed E-state index contributed by atoms with van der Waals surface area (Å²) in [5.41, 5.74) is 0.143. The molecule has 1 amide bonds. The molecule has 1 aliphatic rings. The first kappa shape index (κ1) is 17.2. The molecule has 1 unspecified atom stereocenters. The van der Waals surface area contributed by atoms with Crippen LogP contribution >= 0.6 is 0 Å². The molecule has 0 bridgehead atoms. The van der Waals surface area contributed by atoms with Crippen molar-refractivity contribution >= 4 is 17.3 Å². The van der Waals surface area contributed by atoms with Gasteiger partial charge in [-0.25, -0.2) is 0 Å². The molecule has 1 atom stereocenters. The first-order valence-electron chi connectivity index (χ1n) is 7.06. The summed E-state index contributed by atoms with van der Waals surface area (Å²) in [6.45, 7) is 0.627. The maximum atomic E-state index is 12.3. The van der Waals surface area contributed by atoms with E-state index in [2.05, 4.69) is 5.32 Å². The van der Waals surface area contributed by atoms with Crippen LogP contribution in [0.1, 0.15) is 12.8 Å². The molecule has 1 saturated heterocycles. The highest BCUT2D eigenvalue weighted by molar-refractivity contribution is 5.92. The molecule has 2 rings (SSSR count). The number of benzene rings is 1. The van der Waals surface area contributed by atoms with Gasteiger partial charge in [-0.15, -0.1) is 0 Å². The third-order valence-electron chi connectivity index (χ3n) is 3.60. The fourth-order valence-electron chi connectivity index (χ4n) is 2.65. The lowest BCUT2D eigenvalue weighted by molar-refractivity contribution is -0.384. The summed E-state index contributed by atoms with van der Waals surface area (Å²) in [4.78, 5) is 23.6. The SMILES string of the molecule is O=C(CN1CCC(CC(F)(F)F)C1)Nc1cccc([N+](=O)[O-])c1. The molecule has 1 aliphatic heterocycles. The van der Waals surface area contributed by atoms with Crippen LogP contribution < -0.4 is 5.32 Å². The van der Waals surface area contributed by atoms with Crippen molar-refractivity contribution in [3.63, 3.8) is 0 Å². The van der Waals surface area contributed by atoms with Crippen LogP contribution in [0.25, 0.3) is 0 Å². The number of hydrogen-bond donors (Lipinski definition) is 1. The Morgan fingerprint density at radius 2 is 2.17 bits per heavy atom. The van der Waals surface area contributed by atoms with Crippen LogP contribution in [0.2, 0.25) is 0 Å². The number of nitrogens with zero attached hydrogens (tertiary/aromatic N) is 2. The van der Waals surface area contributed by atoms with Gasteiger partial charge in [0.05, 0.1) is 11.5 Å². The second-order valence-electron chi connectivity index (χ2n) is 5.56. The van der Waals surface area contributed by atoms with Gasteiger partial charge in [0.1, 0.15) is 0 Å². The highest BCUT2D eigenvalue weighted by atomic mass is 19.4. The van der Waals surface area contributed by atoms with Crippen LogP contribution in [-0.4, -0.2) is 41.5 Å². The summed E-state index contributed by atoms with van der Waals surface area (Å²) in [6.07, 6.45) is -4.62. The molecule has 0 saturated carbocycles. The Bertz CT molecular complexity index is 592. The van der Waals surface area contributed by atoms with Gasteiger partial charge in [-0.2, -0.15) is 13.2 Å². The molecule has 0 aromatic heterocycles. The summed E-state index contributed by atoms with van der Waals surface area (Å²) >= 11 is 0. The monoisotopic (exact) mass is 331 g/mol. The van der Waals surface area contributed by atoms with Crippen LogP contribution in [0.5, 0.6) is 0 Å². The number of rotatable bonds is 5. The zero-order valence-corrected chi connectivity index (χ0v) is 12.2. The number of nitro benzene ring substituents is 1. The van der Waals surface area contributed by atoms with E-state index in [1.165, 1.54) is 24.3 Å². The van der Waals surface area contributed by atoms with Crippen LogP contribution in [0, 0.1) is 16.0 Å². The zero-order valence-electron chi connectivity index (χ0n) is 12.2. The number of nitrogens with one attached hydrogen (secondary N) is 1. The number of alkyl halides is 3. The maximum Gasteiger partial charge on any atom is 0.389 e. The molecule has 23 heavy (non-hydrogen) atoms. The predicted molar refractivity (Wildman–Crippen MR) is 76.9 cm³/mol. The topological polar surface area (TPSA) is 75.5 Å². The van der Waals surface area contributed by atoms with Crippen LogP contribution in [0.3, 0.4) is 0 Å². The normalized spacial score (nSPS) is 18.8. The summed E-state index contributed by atoms with van der Waals surface area (Å²) in [6, 6.07) is 5.50. The van der Waals surface area contributed by atoms with Crippen molar-refractivity contribution < 1.29 is 22.9 Å². The Morgan fingerprint density at radius 1 is 1.43 bits per heavy atom. The summed E-state index contributed by atoms with van der Waals surface area (Å²) in [5.74, 6) is -0.890. The van der Waals surface area contributed by atoms with E-state index in [1.54, 1.807) is 4.90 Å². The lowest BCUT2D eigenvalue weighted by Gasteiger charge is -2.16. The van der Waals surface area contributed by atoms with Gasteiger partial charge < -0.3 is 5.32 Å². The van der Waals surface area contributed by atoms with E-state index in [0.717, 1.165) is 0 Å². The third kappa shape index (κ3) is 5.51. The second kappa shape index (κ2) is 6.95. The van der Waals surface area contributed by atoms with Gasteiger partial charge in [-0.3, -0.25) is 19.8 Å². The highest BCUT2D eigenvalue weighted by Gasteiger charge is 2.35. The number of hydrogen-bond acceptors (Lipinski definition) is 4. The van der Waals surface area contributed by atoms with Crippen LogP contribution in [0.15, 0.2) is 24.3 Å². The standard InChI is InChI=1S/C14H16F3N3O3/c15-14(16,17)7-10-4-5-19(8-10)9-13(21)18-11-2-1-3-12(6-11)20(22)23/h1-3,6,10H,4-5,7-9H2,(H,18,21). The average molecular weight is 331 g/mol. The lowest BCUT2D eigenvalue weighted by atomic mass is 10.1. The first-order chi connectivity index (χ1) is 10.7. The molecule has 6 nitrogen and oxygen atoms in total. The first-order valence-corrected chi connectivity index (χ1v) is 7.06. The number of nitro groups is 1. The van der Waals surface area contributed by atoms with Crippen molar-refractivity contribution in [3.8, 4) is 0 Å². The second-order valence-corrected chi connectivity index (χ2v) is 5.56. The lowest BCUT2D eigenvalue weighted by Crippen LogP contribution is -2.32. The summed E-state index contributed by atoms with van der Waals surface area (Å²) < 4.78 is 37.0. The van der Waals surface area contributed by atoms with E-state index in [0.29, 0.717) is 13.0 Å². The fraction of sp³-hybridized carbons (Fsp3) is 0.500. The molecule has 126 valence electrons. The Hall–Kier alpha value is -2.16. The fourth-order valence-corrected chi connectivity index (χ4v) is 2.65. The van der Waals surface area contributed by atoms with Gasteiger partial charge in [-0.1, -0.05) is 6.07 Å². The predicted octanol–water partition coefficient (Wildman–Crippen LogP) is 2.81. The van der Waals surface area contributed by atoms with Gasteiger partial charge >= 0.3 is 6.18 Å². The summed E-state index contributed by atoms with van der Waals surface area (Å²) in [5, 5.41) is 13.2. The molecule has 0 radical (unpaired) electrons. The van der Waals surface area contributed by atoms with E-state index in [4.69, 9.17) is 0 Å². The molecule has 0 spiro atoms. The number of anilines is 1. The van der Waals surface area contributed by atoms with Gasteiger partial charge in [0.15, 0.2) is 0 Å². The van der Waals surface area contributed by atoms with Crippen LogP contribution in [0.4, 0.5) is 24.5 Å². The van der Waals surface area contributed by atoms with E-state index >= 15 is 0 Å². The molecule has 1 fully saturated rings. The minimum atomic E-state index is -4.19. The Balaban J connectivity index is 1.84. The van der Waals surface area contributed by atoms with Gasteiger partial charge in [0, 0.05) is 30.8 Å². The van der Waals surface area contributed by atoms with E-state index in [9.17, 15) is 28.1 Å². The number of carbonyl (C=O) groups excluding carboxylic acids is 1. The van der Waals surface area contributed by atoms with Gasteiger partial charge in [0.25, 0.3) is 5.69 Å². The Morgan fingerprint density at radius 3 is 2.83 bits per heavy atom. The quantitative estimate of drug-likeness (QED) is 0.665. The van der Waals surface area contributed by atoms with Crippen LogP contribution in [-0.2, 0) is 4.79 Å². The molecule has 1 N–H and O–H groups in total. The molecular weight excluding hydrogens is 315 g/mol. The van der Waals surface area contributed by atoms with Crippen molar-refractivity contribution in [1.82, 2.24) is 4.90 Å².